The fourth-order valence-corrected chi connectivity index (χ4v) is 2.04. The van der Waals surface area contributed by atoms with Crippen molar-refractivity contribution >= 4 is 0 Å². The van der Waals surface area contributed by atoms with Crippen LogP contribution in [0.5, 0.6) is 11.5 Å². The second-order valence-electron chi connectivity index (χ2n) is 4.23. The number of hydrogen-bond acceptors (Lipinski definition) is 5. The molecule has 21 heavy (non-hydrogen) atoms. The van der Waals surface area contributed by atoms with E-state index >= 15 is 0 Å². The molecule has 0 spiro atoms. The first-order valence-corrected chi connectivity index (χ1v) is 6.38. The van der Waals surface area contributed by atoms with Crippen molar-refractivity contribution in [3.05, 3.63) is 48.9 Å². The van der Waals surface area contributed by atoms with Gasteiger partial charge >= 0.3 is 0 Å². The van der Waals surface area contributed by atoms with Gasteiger partial charge in [0.2, 0.25) is 0 Å². The number of nitrogens with zero attached hydrogens (tertiary/aromatic N) is 4. The zero-order valence-electron chi connectivity index (χ0n) is 11.7. The smallest absolute Gasteiger partial charge is 0.154 e. The molecule has 0 aromatic carbocycles. The molecule has 0 atom stereocenters. The number of hydrogen-bond donors (Lipinski definition) is 0. The van der Waals surface area contributed by atoms with Crippen molar-refractivity contribution in [2.45, 2.75) is 0 Å². The highest BCUT2D eigenvalue weighted by molar-refractivity contribution is 5.69. The number of pyridine rings is 2. The summed E-state index contributed by atoms with van der Waals surface area (Å²) >= 11 is 0. The summed E-state index contributed by atoms with van der Waals surface area (Å²) < 4.78 is 12.4. The number of methoxy groups -OCH3 is 2. The SMILES string of the molecule is COc1cccnc1-c1nc(-n2cccn2)ccc1OC. The molecule has 0 unspecified atom stereocenters. The third-order valence-corrected chi connectivity index (χ3v) is 3.02. The van der Waals surface area contributed by atoms with Gasteiger partial charge in [-0.1, -0.05) is 0 Å². The summed E-state index contributed by atoms with van der Waals surface area (Å²) in [5.74, 6) is 1.95. The van der Waals surface area contributed by atoms with E-state index in [-0.39, 0.29) is 0 Å². The van der Waals surface area contributed by atoms with Crippen LogP contribution in [0, 0.1) is 0 Å². The van der Waals surface area contributed by atoms with Crippen molar-refractivity contribution in [2.24, 2.45) is 0 Å². The first kappa shape index (κ1) is 13.1. The minimum Gasteiger partial charge on any atom is -0.494 e. The minimum atomic E-state index is 0.614. The Morgan fingerprint density at radius 1 is 0.905 bits per heavy atom. The van der Waals surface area contributed by atoms with Crippen molar-refractivity contribution in [3.8, 4) is 28.7 Å². The van der Waals surface area contributed by atoms with Gasteiger partial charge in [0.1, 0.15) is 22.9 Å². The Bertz CT molecular complexity index is 741. The van der Waals surface area contributed by atoms with Crippen LogP contribution in [-0.4, -0.2) is 34.0 Å². The monoisotopic (exact) mass is 282 g/mol. The van der Waals surface area contributed by atoms with Crippen LogP contribution in [0.25, 0.3) is 17.2 Å². The number of ether oxygens (including phenoxy) is 2. The minimum absolute atomic E-state index is 0.614. The Hall–Kier alpha value is -2.89. The molecule has 0 aliphatic rings. The van der Waals surface area contributed by atoms with Crippen molar-refractivity contribution < 1.29 is 9.47 Å². The highest BCUT2D eigenvalue weighted by atomic mass is 16.5. The van der Waals surface area contributed by atoms with E-state index in [2.05, 4.69) is 15.1 Å². The molecular weight excluding hydrogens is 268 g/mol. The van der Waals surface area contributed by atoms with E-state index in [1.807, 2.05) is 36.5 Å². The molecule has 0 bridgehead atoms. The van der Waals surface area contributed by atoms with Gasteiger partial charge in [0.25, 0.3) is 0 Å². The third-order valence-electron chi connectivity index (χ3n) is 3.02. The van der Waals surface area contributed by atoms with Crippen LogP contribution in [0.2, 0.25) is 0 Å². The topological polar surface area (TPSA) is 62.1 Å². The Kier molecular flexibility index (Phi) is 3.51. The zero-order chi connectivity index (χ0) is 14.7. The first-order valence-electron chi connectivity index (χ1n) is 6.38. The van der Waals surface area contributed by atoms with Crippen molar-refractivity contribution in [1.29, 1.82) is 0 Å². The second kappa shape index (κ2) is 5.62. The summed E-state index contributed by atoms with van der Waals surface area (Å²) in [5, 5.41) is 4.18. The predicted molar refractivity (Wildman–Crippen MR) is 77.7 cm³/mol. The quantitative estimate of drug-likeness (QED) is 0.735. The van der Waals surface area contributed by atoms with Crippen LogP contribution >= 0.6 is 0 Å². The van der Waals surface area contributed by atoms with Crippen LogP contribution in [0.4, 0.5) is 0 Å². The standard InChI is InChI=1S/C15H14N4O2/c1-20-11-5-3-8-16-14(11)15-12(21-2)6-7-13(18-15)19-10-4-9-17-19/h3-10H,1-2H3. The molecule has 0 N–H and O–H groups in total. The molecule has 0 radical (unpaired) electrons. The lowest BCUT2D eigenvalue weighted by Gasteiger charge is -2.11. The molecule has 106 valence electrons. The molecule has 0 fully saturated rings. The zero-order valence-corrected chi connectivity index (χ0v) is 11.7. The molecule has 3 aromatic rings. The summed E-state index contributed by atoms with van der Waals surface area (Å²) in [4.78, 5) is 8.95. The Morgan fingerprint density at radius 3 is 2.43 bits per heavy atom. The predicted octanol–water partition coefficient (Wildman–Crippen LogP) is 2.35. The fraction of sp³-hybridized carbons (Fsp3) is 0.133. The first-order chi connectivity index (χ1) is 10.3. The molecule has 0 aliphatic carbocycles. The Balaban J connectivity index is 2.18. The van der Waals surface area contributed by atoms with E-state index in [1.165, 1.54) is 0 Å². The maximum atomic E-state index is 5.38. The van der Waals surface area contributed by atoms with E-state index in [9.17, 15) is 0 Å². The maximum absolute atomic E-state index is 5.38. The van der Waals surface area contributed by atoms with Crippen LogP contribution in [0.3, 0.4) is 0 Å². The number of rotatable bonds is 4. The van der Waals surface area contributed by atoms with Gasteiger partial charge in [0, 0.05) is 18.6 Å². The van der Waals surface area contributed by atoms with Gasteiger partial charge in [-0.3, -0.25) is 4.98 Å². The van der Waals surface area contributed by atoms with Crippen LogP contribution < -0.4 is 9.47 Å². The summed E-state index contributed by atoms with van der Waals surface area (Å²) in [6, 6.07) is 9.17. The lowest BCUT2D eigenvalue weighted by molar-refractivity contribution is 0.407. The molecule has 0 aliphatic heterocycles. The van der Waals surface area contributed by atoms with E-state index < -0.39 is 0 Å². The van der Waals surface area contributed by atoms with Gasteiger partial charge in [-0.05, 0) is 30.3 Å². The molecule has 0 saturated carbocycles. The maximum Gasteiger partial charge on any atom is 0.154 e. The highest BCUT2D eigenvalue weighted by Crippen LogP contribution is 2.33. The van der Waals surface area contributed by atoms with E-state index in [4.69, 9.17) is 9.47 Å². The lowest BCUT2D eigenvalue weighted by atomic mass is 10.2. The molecular formula is C15H14N4O2. The van der Waals surface area contributed by atoms with Crippen LogP contribution in [-0.2, 0) is 0 Å². The van der Waals surface area contributed by atoms with Crippen LogP contribution in [0.15, 0.2) is 48.9 Å². The molecule has 0 saturated heterocycles. The molecule has 3 rings (SSSR count). The van der Waals surface area contributed by atoms with Gasteiger partial charge < -0.3 is 9.47 Å². The third kappa shape index (κ3) is 2.43. The van der Waals surface area contributed by atoms with Crippen molar-refractivity contribution in [3.63, 3.8) is 0 Å². The van der Waals surface area contributed by atoms with Gasteiger partial charge in [0.05, 0.1) is 14.2 Å². The van der Waals surface area contributed by atoms with E-state index in [0.29, 0.717) is 28.7 Å². The van der Waals surface area contributed by atoms with Gasteiger partial charge in [-0.15, -0.1) is 0 Å². The Labute approximate surface area is 122 Å². The normalized spacial score (nSPS) is 10.4. The average molecular weight is 282 g/mol. The number of aromatic nitrogens is 4. The van der Waals surface area contributed by atoms with Crippen LogP contribution in [0.1, 0.15) is 0 Å². The molecule has 6 nitrogen and oxygen atoms in total. The summed E-state index contributed by atoms with van der Waals surface area (Å²) in [7, 11) is 3.20. The summed E-state index contributed by atoms with van der Waals surface area (Å²) in [6.45, 7) is 0. The molecule has 6 heteroatoms. The lowest BCUT2D eigenvalue weighted by Crippen LogP contribution is -2.02. The summed E-state index contributed by atoms with van der Waals surface area (Å²) in [6.07, 6.45) is 5.22. The van der Waals surface area contributed by atoms with Gasteiger partial charge in [0.15, 0.2) is 5.82 Å². The van der Waals surface area contributed by atoms with Gasteiger partial charge in [-0.2, -0.15) is 5.10 Å². The fourth-order valence-electron chi connectivity index (χ4n) is 2.04. The molecule has 3 aromatic heterocycles. The largest absolute Gasteiger partial charge is 0.494 e. The summed E-state index contributed by atoms with van der Waals surface area (Å²) in [5.41, 5.74) is 1.24. The van der Waals surface area contributed by atoms with E-state index in [0.717, 1.165) is 0 Å². The Morgan fingerprint density at radius 2 is 1.71 bits per heavy atom. The van der Waals surface area contributed by atoms with Crippen molar-refractivity contribution in [1.82, 2.24) is 19.7 Å². The second-order valence-corrected chi connectivity index (χ2v) is 4.23. The molecule has 0 amide bonds. The highest BCUT2D eigenvalue weighted by Gasteiger charge is 2.15. The average Bonchev–Trinajstić information content (AvgIpc) is 3.08. The van der Waals surface area contributed by atoms with Gasteiger partial charge in [-0.25, -0.2) is 9.67 Å². The molecule has 3 heterocycles. The van der Waals surface area contributed by atoms with E-state index in [1.54, 1.807) is 31.3 Å². The van der Waals surface area contributed by atoms with Crippen molar-refractivity contribution in [2.75, 3.05) is 14.2 Å².